The Morgan fingerprint density at radius 3 is 2.54 bits per heavy atom. The third kappa shape index (κ3) is 5.25. The first kappa shape index (κ1) is 12.0. The number of hydrogen-bond donors (Lipinski definition) is 0. The summed E-state index contributed by atoms with van der Waals surface area (Å²) >= 11 is 5.16. The lowest BCUT2D eigenvalue weighted by molar-refractivity contribution is -0.138. The van der Waals surface area contributed by atoms with Crippen molar-refractivity contribution in [3.05, 3.63) is 11.8 Å². The summed E-state index contributed by atoms with van der Waals surface area (Å²) in [5.41, 5.74) is 0.223. The Morgan fingerprint density at radius 2 is 2.08 bits per heavy atom. The molecule has 0 bridgehead atoms. The summed E-state index contributed by atoms with van der Waals surface area (Å²) in [4.78, 5) is 21.5. The maximum absolute atomic E-state index is 10.9. The van der Waals surface area contributed by atoms with Crippen molar-refractivity contribution in [3.63, 3.8) is 0 Å². The van der Waals surface area contributed by atoms with Crippen LogP contribution in [-0.4, -0.2) is 24.4 Å². The number of ether oxygens (including phenoxy) is 2. The first-order chi connectivity index (χ1) is 6.11. The Balaban J connectivity index is 4.01. The van der Waals surface area contributed by atoms with Crippen molar-refractivity contribution in [1.29, 1.82) is 0 Å². The molecule has 0 aromatic heterocycles. The Labute approximate surface area is 81.5 Å². The van der Waals surface area contributed by atoms with Crippen LogP contribution in [0.2, 0.25) is 0 Å². The number of esters is 2. The van der Waals surface area contributed by atoms with Crippen LogP contribution in [0.5, 0.6) is 0 Å². The molecule has 4 nitrogen and oxygen atoms in total. The van der Waals surface area contributed by atoms with E-state index in [-0.39, 0.29) is 18.1 Å². The van der Waals surface area contributed by atoms with E-state index in [4.69, 9.17) is 11.6 Å². The van der Waals surface area contributed by atoms with E-state index < -0.39 is 11.9 Å². The Morgan fingerprint density at radius 1 is 1.46 bits per heavy atom. The molecular formula is C8H11ClO4. The van der Waals surface area contributed by atoms with Crippen molar-refractivity contribution in [2.24, 2.45) is 0 Å². The van der Waals surface area contributed by atoms with Gasteiger partial charge >= 0.3 is 11.9 Å². The van der Waals surface area contributed by atoms with Gasteiger partial charge in [-0.2, -0.15) is 0 Å². The molecule has 0 rings (SSSR count). The molecule has 0 aliphatic carbocycles. The molecule has 13 heavy (non-hydrogen) atoms. The monoisotopic (exact) mass is 206 g/mol. The molecule has 74 valence electrons. The normalized spacial score (nSPS) is 10.8. The minimum absolute atomic E-state index is 0.223. The quantitative estimate of drug-likeness (QED) is 0.301. The fourth-order valence-corrected chi connectivity index (χ4v) is 0.542. The lowest BCUT2D eigenvalue weighted by atomic mass is 10.3. The van der Waals surface area contributed by atoms with Crippen LogP contribution < -0.4 is 0 Å². The Bertz CT molecular complexity index is 222. The summed E-state index contributed by atoms with van der Waals surface area (Å²) in [6.45, 7) is 3.46. The van der Waals surface area contributed by atoms with Gasteiger partial charge in [0.1, 0.15) is 12.1 Å². The molecule has 0 spiro atoms. The van der Waals surface area contributed by atoms with Gasteiger partial charge in [0.25, 0.3) is 0 Å². The van der Waals surface area contributed by atoms with E-state index in [0.717, 1.165) is 6.26 Å². The summed E-state index contributed by atoms with van der Waals surface area (Å²) in [5.74, 6) is -1.36. The summed E-state index contributed by atoms with van der Waals surface area (Å²) < 4.78 is 9.12. The zero-order chi connectivity index (χ0) is 10.3. The second-order valence-corrected chi connectivity index (χ2v) is 2.41. The fourth-order valence-electron chi connectivity index (χ4n) is 0.479. The van der Waals surface area contributed by atoms with Crippen LogP contribution >= 0.6 is 11.6 Å². The predicted octanol–water partition coefficient (Wildman–Crippen LogP) is 1.24. The Kier molecular flexibility index (Phi) is 5.97. The molecule has 0 aliphatic heterocycles. The fraction of sp³-hybridized carbons (Fsp3) is 0.500. The first-order valence-corrected chi connectivity index (χ1v) is 4.24. The van der Waals surface area contributed by atoms with Crippen LogP contribution in [0, 0.1) is 0 Å². The standard InChI is InChI=1S/C8H11ClO4/c1-3-12-8(11)6(2)5-13-7(10)4-9/h5H,3-4H2,1-2H3. The molecule has 0 atom stereocenters. The van der Waals surface area contributed by atoms with Crippen LogP contribution in [0.1, 0.15) is 13.8 Å². The van der Waals surface area contributed by atoms with Crippen molar-refractivity contribution in [2.75, 3.05) is 12.5 Å². The highest BCUT2D eigenvalue weighted by molar-refractivity contribution is 6.26. The predicted molar refractivity (Wildman–Crippen MR) is 47.2 cm³/mol. The molecule has 0 aliphatic rings. The lowest BCUT2D eigenvalue weighted by Gasteiger charge is -2.00. The van der Waals surface area contributed by atoms with Crippen LogP contribution in [0.25, 0.3) is 0 Å². The maximum atomic E-state index is 10.9. The molecular weight excluding hydrogens is 196 g/mol. The average molecular weight is 207 g/mol. The van der Waals surface area contributed by atoms with Gasteiger partial charge in [0.2, 0.25) is 0 Å². The van der Waals surface area contributed by atoms with E-state index >= 15 is 0 Å². The highest BCUT2D eigenvalue weighted by Crippen LogP contribution is 1.97. The van der Waals surface area contributed by atoms with Gasteiger partial charge in [0, 0.05) is 0 Å². The average Bonchev–Trinajstić information content (AvgIpc) is 2.13. The first-order valence-electron chi connectivity index (χ1n) is 3.71. The third-order valence-electron chi connectivity index (χ3n) is 1.07. The van der Waals surface area contributed by atoms with E-state index in [2.05, 4.69) is 9.47 Å². The van der Waals surface area contributed by atoms with Crippen LogP contribution in [0.4, 0.5) is 0 Å². The number of halogens is 1. The van der Waals surface area contributed by atoms with E-state index in [9.17, 15) is 9.59 Å². The number of alkyl halides is 1. The third-order valence-corrected chi connectivity index (χ3v) is 1.29. The second-order valence-electron chi connectivity index (χ2n) is 2.14. The Hall–Kier alpha value is -1.03. The van der Waals surface area contributed by atoms with E-state index in [0.29, 0.717) is 0 Å². The van der Waals surface area contributed by atoms with Gasteiger partial charge in [-0.25, -0.2) is 4.79 Å². The molecule has 5 heteroatoms. The topological polar surface area (TPSA) is 52.6 Å². The molecule has 0 aromatic carbocycles. The molecule has 0 N–H and O–H groups in total. The van der Waals surface area contributed by atoms with Gasteiger partial charge in [-0.3, -0.25) is 4.79 Å². The van der Waals surface area contributed by atoms with Crippen LogP contribution in [-0.2, 0) is 19.1 Å². The minimum atomic E-state index is -0.606. The molecule has 0 saturated carbocycles. The highest BCUT2D eigenvalue weighted by Gasteiger charge is 2.05. The number of carbonyl (C=O) groups is 2. The zero-order valence-electron chi connectivity index (χ0n) is 7.50. The van der Waals surface area contributed by atoms with Gasteiger partial charge in [0.05, 0.1) is 12.2 Å². The summed E-state index contributed by atoms with van der Waals surface area (Å²) in [5, 5.41) is 0. The summed E-state index contributed by atoms with van der Waals surface area (Å²) in [6.07, 6.45) is 1.03. The molecule has 0 unspecified atom stereocenters. The van der Waals surface area contributed by atoms with Crippen LogP contribution in [0.15, 0.2) is 11.8 Å². The molecule has 0 amide bonds. The van der Waals surface area contributed by atoms with Gasteiger partial charge in [-0.1, -0.05) is 0 Å². The van der Waals surface area contributed by atoms with E-state index in [1.165, 1.54) is 6.92 Å². The van der Waals surface area contributed by atoms with Crippen molar-refractivity contribution in [2.45, 2.75) is 13.8 Å². The van der Waals surface area contributed by atoms with E-state index in [1.807, 2.05) is 0 Å². The van der Waals surface area contributed by atoms with E-state index in [1.54, 1.807) is 6.92 Å². The van der Waals surface area contributed by atoms with Gasteiger partial charge in [0.15, 0.2) is 0 Å². The maximum Gasteiger partial charge on any atom is 0.336 e. The molecule has 0 saturated heterocycles. The largest absolute Gasteiger partial charge is 0.463 e. The van der Waals surface area contributed by atoms with Gasteiger partial charge in [-0.05, 0) is 13.8 Å². The minimum Gasteiger partial charge on any atom is -0.463 e. The van der Waals surface area contributed by atoms with Crippen molar-refractivity contribution >= 4 is 23.5 Å². The van der Waals surface area contributed by atoms with Gasteiger partial charge in [-0.15, -0.1) is 11.6 Å². The number of rotatable bonds is 4. The lowest BCUT2D eigenvalue weighted by Crippen LogP contribution is -2.07. The van der Waals surface area contributed by atoms with Crippen molar-refractivity contribution in [3.8, 4) is 0 Å². The van der Waals surface area contributed by atoms with Crippen LogP contribution in [0.3, 0.4) is 0 Å². The summed E-state index contributed by atoms with van der Waals surface area (Å²) in [6, 6.07) is 0. The molecule has 0 heterocycles. The zero-order valence-corrected chi connectivity index (χ0v) is 8.26. The summed E-state index contributed by atoms with van der Waals surface area (Å²) in [7, 11) is 0. The highest BCUT2D eigenvalue weighted by atomic mass is 35.5. The number of hydrogen-bond acceptors (Lipinski definition) is 4. The van der Waals surface area contributed by atoms with Crippen molar-refractivity contribution in [1.82, 2.24) is 0 Å². The molecule has 0 radical (unpaired) electrons. The SMILES string of the molecule is CCOC(=O)C(C)=COC(=O)CCl. The molecule has 0 fully saturated rings. The van der Waals surface area contributed by atoms with Gasteiger partial charge < -0.3 is 9.47 Å². The number of carbonyl (C=O) groups excluding carboxylic acids is 2. The van der Waals surface area contributed by atoms with Crippen molar-refractivity contribution < 1.29 is 19.1 Å². The smallest absolute Gasteiger partial charge is 0.336 e. The second kappa shape index (κ2) is 6.48. The molecule has 0 aromatic rings.